The third kappa shape index (κ3) is 3.29. The Hall–Kier alpha value is -1.91. The van der Waals surface area contributed by atoms with Crippen LogP contribution in [0.1, 0.15) is 16.8 Å². The molecular formula is C14H15NO3. The van der Waals surface area contributed by atoms with Crippen molar-refractivity contribution in [3.63, 3.8) is 0 Å². The average molecular weight is 245 g/mol. The first-order valence-electron chi connectivity index (χ1n) is 5.69. The van der Waals surface area contributed by atoms with Gasteiger partial charge in [-0.3, -0.25) is 4.98 Å². The van der Waals surface area contributed by atoms with Crippen LogP contribution in [0.15, 0.2) is 42.6 Å². The molecule has 0 unspecified atom stereocenters. The van der Waals surface area contributed by atoms with Gasteiger partial charge < -0.3 is 14.9 Å². The fourth-order valence-corrected chi connectivity index (χ4v) is 1.50. The lowest BCUT2D eigenvalue weighted by molar-refractivity contribution is 0.275. The third-order valence-electron chi connectivity index (χ3n) is 2.57. The highest BCUT2D eigenvalue weighted by molar-refractivity contribution is 5.23. The van der Waals surface area contributed by atoms with Crippen LogP contribution in [0.2, 0.25) is 0 Å². The van der Waals surface area contributed by atoms with Gasteiger partial charge in [0.05, 0.1) is 25.1 Å². The number of ether oxygens (including phenoxy) is 1. The standard InChI is InChI=1S/C14H15NO3/c16-8-11-1-3-12(4-2-11)10-18-14-6-5-13(9-17)15-7-14/h1-7,16-17H,8-10H2. The first kappa shape index (κ1) is 12.5. The Kier molecular flexibility index (Phi) is 4.28. The molecule has 1 aromatic carbocycles. The van der Waals surface area contributed by atoms with E-state index in [-0.39, 0.29) is 13.2 Å². The summed E-state index contributed by atoms with van der Waals surface area (Å²) in [5.41, 5.74) is 2.53. The van der Waals surface area contributed by atoms with Gasteiger partial charge in [0.25, 0.3) is 0 Å². The monoisotopic (exact) mass is 245 g/mol. The second-order valence-corrected chi connectivity index (χ2v) is 3.91. The Bertz CT molecular complexity index is 432. The highest BCUT2D eigenvalue weighted by Crippen LogP contribution is 2.12. The lowest BCUT2D eigenvalue weighted by Crippen LogP contribution is -1.97. The Morgan fingerprint density at radius 2 is 1.61 bits per heavy atom. The minimum absolute atomic E-state index is 0.0493. The molecule has 0 amide bonds. The summed E-state index contributed by atoms with van der Waals surface area (Å²) in [5, 5.41) is 17.8. The van der Waals surface area contributed by atoms with Gasteiger partial charge in [-0.25, -0.2) is 0 Å². The maximum Gasteiger partial charge on any atom is 0.138 e. The normalized spacial score (nSPS) is 10.3. The minimum Gasteiger partial charge on any atom is -0.487 e. The maximum absolute atomic E-state index is 8.93. The van der Waals surface area contributed by atoms with Crippen LogP contribution in [0.4, 0.5) is 0 Å². The Labute approximate surface area is 106 Å². The van der Waals surface area contributed by atoms with Gasteiger partial charge in [-0.15, -0.1) is 0 Å². The van der Waals surface area contributed by atoms with E-state index in [2.05, 4.69) is 4.98 Å². The zero-order chi connectivity index (χ0) is 12.8. The number of nitrogens with zero attached hydrogens (tertiary/aromatic N) is 1. The molecule has 18 heavy (non-hydrogen) atoms. The minimum atomic E-state index is -0.0666. The summed E-state index contributed by atoms with van der Waals surface area (Å²) in [6, 6.07) is 11.1. The van der Waals surface area contributed by atoms with Crippen molar-refractivity contribution in [1.29, 1.82) is 0 Å². The Morgan fingerprint density at radius 1 is 0.889 bits per heavy atom. The molecular weight excluding hydrogens is 230 g/mol. The van der Waals surface area contributed by atoms with E-state index < -0.39 is 0 Å². The molecule has 0 aliphatic heterocycles. The largest absolute Gasteiger partial charge is 0.487 e. The second-order valence-electron chi connectivity index (χ2n) is 3.91. The number of hydrogen-bond donors (Lipinski definition) is 2. The van der Waals surface area contributed by atoms with Crippen LogP contribution in [0, 0.1) is 0 Å². The molecule has 0 atom stereocenters. The fourth-order valence-electron chi connectivity index (χ4n) is 1.50. The van der Waals surface area contributed by atoms with E-state index >= 15 is 0 Å². The quantitative estimate of drug-likeness (QED) is 0.840. The summed E-state index contributed by atoms with van der Waals surface area (Å²) in [5.74, 6) is 0.665. The maximum atomic E-state index is 8.93. The first-order valence-corrected chi connectivity index (χ1v) is 5.69. The van der Waals surface area contributed by atoms with E-state index in [0.717, 1.165) is 11.1 Å². The molecule has 0 radical (unpaired) electrons. The van der Waals surface area contributed by atoms with Crippen molar-refractivity contribution < 1.29 is 14.9 Å². The van der Waals surface area contributed by atoms with Crippen molar-refractivity contribution in [2.24, 2.45) is 0 Å². The predicted molar refractivity (Wildman–Crippen MR) is 66.9 cm³/mol. The first-order chi connectivity index (χ1) is 8.81. The van der Waals surface area contributed by atoms with Crippen molar-refractivity contribution in [3.05, 3.63) is 59.4 Å². The van der Waals surface area contributed by atoms with Gasteiger partial charge in [0.1, 0.15) is 12.4 Å². The number of pyridine rings is 1. The predicted octanol–water partition coefficient (Wildman–Crippen LogP) is 1.65. The van der Waals surface area contributed by atoms with E-state index in [1.165, 1.54) is 0 Å². The molecule has 94 valence electrons. The Balaban J connectivity index is 1.93. The summed E-state index contributed by atoms with van der Waals surface area (Å²) in [6.45, 7) is 0.433. The summed E-state index contributed by atoms with van der Waals surface area (Å²) in [6.07, 6.45) is 1.59. The third-order valence-corrected chi connectivity index (χ3v) is 2.57. The number of aliphatic hydroxyl groups is 2. The molecule has 1 heterocycles. The Morgan fingerprint density at radius 3 is 2.17 bits per heavy atom. The van der Waals surface area contributed by atoms with Crippen molar-refractivity contribution in [1.82, 2.24) is 4.98 Å². The van der Waals surface area contributed by atoms with E-state index in [9.17, 15) is 0 Å². The smallest absolute Gasteiger partial charge is 0.138 e. The van der Waals surface area contributed by atoms with Crippen LogP contribution >= 0.6 is 0 Å². The SMILES string of the molecule is OCc1ccc(COc2ccc(CO)nc2)cc1. The zero-order valence-corrected chi connectivity index (χ0v) is 9.91. The molecule has 0 aliphatic rings. The lowest BCUT2D eigenvalue weighted by atomic mass is 10.1. The molecule has 0 saturated heterocycles. The number of aliphatic hydroxyl groups excluding tert-OH is 2. The molecule has 4 heteroatoms. The van der Waals surface area contributed by atoms with Gasteiger partial charge in [0.15, 0.2) is 0 Å². The van der Waals surface area contributed by atoms with Gasteiger partial charge in [-0.2, -0.15) is 0 Å². The number of aromatic nitrogens is 1. The topological polar surface area (TPSA) is 62.6 Å². The van der Waals surface area contributed by atoms with Crippen molar-refractivity contribution >= 4 is 0 Å². The summed E-state index contributed by atoms with van der Waals surface area (Å²) >= 11 is 0. The van der Waals surface area contributed by atoms with Crippen LogP contribution in [-0.4, -0.2) is 15.2 Å². The molecule has 2 aromatic rings. The molecule has 0 saturated carbocycles. The van der Waals surface area contributed by atoms with Crippen molar-refractivity contribution in [3.8, 4) is 5.75 Å². The van der Waals surface area contributed by atoms with Gasteiger partial charge >= 0.3 is 0 Å². The van der Waals surface area contributed by atoms with Gasteiger partial charge in [-0.05, 0) is 23.3 Å². The molecule has 4 nitrogen and oxygen atoms in total. The molecule has 0 aliphatic carbocycles. The van der Waals surface area contributed by atoms with Gasteiger partial charge in [0.2, 0.25) is 0 Å². The summed E-state index contributed by atoms with van der Waals surface area (Å²) in [4.78, 5) is 4.03. The summed E-state index contributed by atoms with van der Waals surface area (Å²) < 4.78 is 5.56. The van der Waals surface area contributed by atoms with Gasteiger partial charge in [0, 0.05) is 0 Å². The number of hydrogen-bond acceptors (Lipinski definition) is 4. The zero-order valence-electron chi connectivity index (χ0n) is 9.91. The van der Waals surface area contributed by atoms with E-state index in [0.29, 0.717) is 18.1 Å². The molecule has 0 spiro atoms. The molecule has 2 rings (SSSR count). The molecule has 0 bridgehead atoms. The average Bonchev–Trinajstić information content (AvgIpc) is 2.46. The number of benzene rings is 1. The van der Waals surface area contributed by atoms with Crippen molar-refractivity contribution in [2.45, 2.75) is 19.8 Å². The molecule has 1 aromatic heterocycles. The van der Waals surface area contributed by atoms with E-state index in [1.807, 2.05) is 24.3 Å². The molecule has 2 N–H and O–H groups in total. The van der Waals surface area contributed by atoms with Crippen LogP contribution < -0.4 is 4.74 Å². The lowest BCUT2D eigenvalue weighted by Gasteiger charge is -2.06. The van der Waals surface area contributed by atoms with Crippen LogP contribution in [0.5, 0.6) is 5.75 Å². The summed E-state index contributed by atoms with van der Waals surface area (Å²) in [7, 11) is 0. The number of rotatable bonds is 5. The van der Waals surface area contributed by atoms with Crippen LogP contribution in [0.25, 0.3) is 0 Å². The van der Waals surface area contributed by atoms with E-state index in [1.54, 1.807) is 18.3 Å². The van der Waals surface area contributed by atoms with E-state index in [4.69, 9.17) is 14.9 Å². The second kappa shape index (κ2) is 6.14. The van der Waals surface area contributed by atoms with Crippen molar-refractivity contribution in [2.75, 3.05) is 0 Å². The highest BCUT2D eigenvalue weighted by Gasteiger charge is 1.98. The van der Waals surface area contributed by atoms with Crippen LogP contribution in [-0.2, 0) is 19.8 Å². The van der Waals surface area contributed by atoms with Gasteiger partial charge in [-0.1, -0.05) is 24.3 Å². The highest BCUT2D eigenvalue weighted by atomic mass is 16.5. The van der Waals surface area contributed by atoms with Crippen LogP contribution in [0.3, 0.4) is 0 Å². The molecule has 0 fully saturated rings. The fraction of sp³-hybridized carbons (Fsp3) is 0.214.